The number of aryl methyl sites for hydroxylation is 1. The molecule has 0 aromatic carbocycles. The van der Waals surface area contributed by atoms with Crippen LogP contribution in [-0.4, -0.2) is 30.9 Å². The van der Waals surface area contributed by atoms with Crippen molar-refractivity contribution in [3.05, 3.63) is 34.4 Å². The SMILES string of the molecule is CCCc1cc(=O)[nH]c(SC(C)C(=O)Nc2ccnn2C(C)C)n1. The minimum atomic E-state index is -0.402. The maximum absolute atomic E-state index is 12.4. The Hall–Kier alpha value is -2.09. The van der Waals surface area contributed by atoms with Crippen LogP contribution in [0.4, 0.5) is 5.82 Å². The summed E-state index contributed by atoms with van der Waals surface area (Å²) in [5, 5.41) is 7.12. The zero-order valence-electron chi connectivity index (χ0n) is 14.4. The van der Waals surface area contributed by atoms with Crippen LogP contribution in [0.2, 0.25) is 0 Å². The van der Waals surface area contributed by atoms with Gasteiger partial charge < -0.3 is 10.3 Å². The van der Waals surface area contributed by atoms with E-state index in [9.17, 15) is 9.59 Å². The lowest BCUT2D eigenvalue weighted by atomic mass is 10.2. The molecular weight excluding hydrogens is 326 g/mol. The van der Waals surface area contributed by atoms with Gasteiger partial charge in [-0.2, -0.15) is 5.10 Å². The number of thioether (sulfide) groups is 1. The van der Waals surface area contributed by atoms with Gasteiger partial charge in [-0.25, -0.2) is 9.67 Å². The number of anilines is 1. The van der Waals surface area contributed by atoms with Crippen molar-refractivity contribution in [1.29, 1.82) is 0 Å². The second kappa shape index (κ2) is 8.14. The van der Waals surface area contributed by atoms with Gasteiger partial charge in [-0.1, -0.05) is 25.1 Å². The zero-order valence-corrected chi connectivity index (χ0v) is 15.2. The fourth-order valence-corrected chi connectivity index (χ4v) is 3.03. The molecule has 0 spiro atoms. The Kier molecular flexibility index (Phi) is 6.19. The van der Waals surface area contributed by atoms with Gasteiger partial charge in [-0.15, -0.1) is 0 Å². The Labute approximate surface area is 145 Å². The van der Waals surface area contributed by atoms with Crippen LogP contribution in [0, 0.1) is 0 Å². The van der Waals surface area contributed by atoms with E-state index < -0.39 is 5.25 Å². The fourth-order valence-electron chi connectivity index (χ4n) is 2.20. The molecule has 2 heterocycles. The molecular formula is C16H23N5O2S. The monoisotopic (exact) mass is 349 g/mol. The van der Waals surface area contributed by atoms with E-state index in [4.69, 9.17) is 0 Å². The number of rotatable bonds is 7. The first-order valence-electron chi connectivity index (χ1n) is 8.02. The lowest BCUT2D eigenvalue weighted by Gasteiger charge is -2.14. The summed E-state index contributed by atoms with van der Waals surface area (Å²) in [4.78, 5) is 31.2. The molecule has 0 radical (unpaired) electrons. The molecule has 0 fully saturated rings. The van der Waals surface area contributed by atoms with Gasteiger partial charge in [0.25, 0.3) is 5.56 Å². The molecule has 0 aliphatic heterocycles. The van der Waals surface area contributed by atoms with Gasteiger partial charge in [0.2, 0.25) is 5.91 Å². The fraction of sp³-hybridized carbons (Fsp3) is 0.500. The number of aromatic amines is 1. The van der Waals surface area contributed by atoms with E-state index in [1.54, 1.807) is 23.9 Å². The molecule has 130 valence electrons. The van der Waals surface area contributed by atoms with E-state index in [2.05, 4.69) is 20.4 Å². The number of H-pyrrole nitrogens is 1. The Balaban J connectivity index is 2.06. The van der Waals surface area contributed by atoms with Crippen LogP contribution in [0.5, 0.6) is 0 Å². The first kappa shape index (κ1) is 18.3. The molecule has 0 aliphatic rings. The lowest BCUT2D eigenvalue weighted by Crippen LogP contribution is -2.25. The van der Waals surface area contributed by atoms with Gasteiger partial charge in [-0.3, -0.25) is 9.59 Å². The summed E-state index contributed by atoms with van der Waals surface area (Å²) in [5.41, 5.74) is 0.552. The first-order chi connectivity index (χ1) is 11.4. The minimum Gasteiger partial charge on any atom is -0.310 e. The summed E-state index contributed by atoms with van der Waals surface area (Å²) in [6, 6.07) is 3.42. The van der Waals surface area contributed by atoms with Gasteiger partial charge in [0, 0.05) is 23.9 Å². The molecule has 0 bridgehead atoms. The highest BCUT2D eigenvalue weighted by Gasteiger charge is 2.18. The van der Waals surface area contributed by atoms with Crippen LogP contribution in [0.3, 0.4) is 0 Å². The zero-order chi connectivity index (χ0) is 17.7. The lowest BCUT2D eigenvalue weighted by molar-refractivity contribution is -0.115. The maximum Gasteiger partial charge on any atom is 0.251 e. The molecule has 2 aromatic rings. The number of amides is 1. The normalized spacial score (nSPS) is 12.4. The number of carbonyl (C=O) groups excluding carboxylic acids is 1. The number of nitrogens with one attached hydrogen (secondary N) is 2. The van der Waals surface area contributed by atoms with E-state index in [1.807, 2.05) is 20.8 Å². The molecule has 0 aliphatic carbocycles. The minimum absolute atomic E-state index is 0.155. The van der Waals surface area contributed by atoms with Crippen molar-refractivity contribution >= 4 is 23.5 Å². The van der Waals surface area contributed by atoms with Gasteiger partial charge in [-0.05, 0) is 27.2 Å². The second-order valence-electron chi connectivity index (χ2n) is 5.80. The first-order valence-corrected chi connectivity index (χ1v) is 8.90. The van der Waals surface area contributed by atoms with Crippen LogP contribution in [0.1, 0.15) is 45.9 Å². The van der Waals surface area contributed by atoms with Crippen molar-refractivity contribution in [3.63, 3.8) is 0 Å². The highest BCUT2D eigenvalue weighted by molar-refractivity contribution is 8.00. The second-order valence-corrected chi connectivity index (χ2v) is 7.13. The maximum atomic E-state index is 12.4. The highest BCUT2D eigenvalue weighted by Crippen LogP contribution is 2.21. The summed E-state index contributed by atoms with van der Waals surface area (Å²) in [5.74, 6) is 0.495. The predicted molar refractivity (Wildman–Crippen MR) is 95.4 cm³/mol. The van der Waals surface area contributed by atoms with Crippen molar-refractivity contribution in [2.45, 2.75) is 57.0 Å². The predicted octanol–water partition coefficient (Wildman–Crippen LogP) is 2.62. The molecule has 1 amide bonds. The van der Waals surface area contributed by atoms with Crippen molar-refractivity contribution < 1.29 is 4.79 Å². The van der Waals surface area contributed by atoms with Crippen LogP contribution in [0.25, 0.3) is 0 Å². The molecule has 7 nitrogen and oxygen atoms in total. The molecule has 1 atom stereocenters. The number of hydrogen-bond donors (Lipinski definition) is 2. The van der Waals surface area contributed by atoms with E-state index in [0.717, 1.165) is 18.5 Å². The molecule has 2 rings (SSSR count). The Morgan fingerprint density at radius 2 is 2.17 bits per heavy atom. The number of nitrogens with zero attached hydrogens (tertiary/aromatic N) is 3. The van der Waals surface area contributed by atoms with Crippen LogP contribution in [0.15, 0.2) is 28.3 Å². The summed E-state index contributed by atoms with van der Waals surface area (Å²) in [6.07, 6.45) is 3.31. The van der Waals surface area contributed by atoms with Crippen molar-refractivity contribution in [2.24, 2.45) is 0 Å². The van der Waals surface area contributed by atoms with Crippen LogP contribution in [-0.2, 0) is 11.2 Å². The summed E-state index contributed by atoms with van der Waals surface area (Å²) < 4.78 is 1.75. The van der Waals surface area contributed by atoms with Gasteiger partial charge in [0.05, 0.1) is 11.4 Å². The van der Waals surface area contributed by atoms with Gasteiger partial charge in [0.15, 0.2) is 5.16 Å². The largest absolute Gasteiger partial charge is 0.310 e. The van der Waals surface area contributed by atoms with Crippen molar-refractivity contribution in [1.82, 2.24) is 19.7 Å². The Morgan fingerprint density at radius 3 is 2.83 bits per heavy atom. The van der Waals surface area contributed by atoms with Gasteiger partial charge in [0.1, 0.15) is 5.82 Å². The molecule has 8 heteroatoms. The smallest absolute Gasteiger partial charge is 0.251 e. The summed E-state index contributed by atoms with van der Waals surface area (Å²) in [6.45, 7) is 7.80. The van der Waals surface area contributed by atoms with E-state index in [0.29, 0.717) is 11.0 Å². The molecule has 0 saturated carbocycles. The molecule has 2 aromatic heterocycles. The van der Waals surface area contributed by atoms with Gasteiger partial charge >= 0.3 is 0 Å². The topological polar surface area (TPSA) is 92.7 Å². The quantitative estimate of drug-likeness (QED) is 0.592. The molecule has 0 saturated heterocycles. The third kappa shape index (κ3) is 4.70. The molecule has 1 unspecified atom stereocenters. The summed E-state index contributed by atoms with van der Waals surface area (Å²) >= 11 is 1.23. The third-order valence-corrected chi connectivity index (χ3v) is 4.33. The standard InChI is InChI=1S/C16H23N5O2S/c1-5-6-12-9-14(22)20-16(18-12)24-11(4)15(23)19-13-7-8-17-21(13)10(2)3/h7-11H,5-6H2,1-4H3,(H,19,23)(H,18,20,22). The summed E-state index contributed by atoms with van der Waals surface area (Å²) in [7, 11) is 0. The Morgan fingerprint density at radius 1 is 1.42 bits per heavy atom. The van der Waals surface area contributed by atoms with E-state index in [-0.39, 0.29) is 17.5 Å². The highest BCUT2D eigenvalue weighted by atomic mass is 32.2. The average molecular weight is 349 g/mol. The number of aromatic nitrogens is 4. The molecule has 24 heavy (non-hydrogen) atoms. The van der Waals surface area contributed by atoms with Crippen LogP contribution >= 0.6 is 11.8 Å². The van der Waals surface area contributed by atoms with Crippen molar-refractivity contribution in [3.8, 4) is 0 Å². The third-order valence-electron chi connectivity index (χ3n) is 3.35. The van der Waals surface area contributed by atoms with E-state index in [1.165, 1.54) is 17.8 Å². The average Bonchev–Trinajstić information content (AvgIpc) is 2.95. The molecule has 2 N–H and O–H groups in total. The Bertz CT molecular complexity index is 753. The number of hydrogen-bond acceptors (Lipinski definition) is 5. The number of carbonyl (C=O) groups is 1. The van der Waals surface area contributed by atoms with Crippen LogP contribution < -0.4 is 10.9 Å². The van der Waals surface area contributed by atoms with E-state index >= 15 is 0 Å². The van der Waals surface area contributed by atoms with Crippen molar-refractivity contribution in [2.75, 3.05) is 5.32 Å².